The van der Waals surface area contributed by atoms with Crippen molar-refractivity contribution in [1.82, 2.24) is 0 Å². The van der Waals surface area contributed by atoms with Gasteiger partial charge in [0, 0.05) is 42.6 Å². The summed E-state index contributed by atoms with van der Waals surface area (Å²) in [4.78, 5) is 23.7. The summed E-state index contributed by atoms with van der Waals surface area (Å²) in [7, 11) is 0. The number of para-hydroxylation sites is 2. The standard InChI is InChI=1S/C17H22NO3.C14H15N/c1-13(19)21-17-12-18(9-7-15(17)8-10-18)11-16(20)14-5-3-2-4-6-14;1-11-7-6-8-12(2)14(11)15-13-9-4-3-5-10-13/h2-6,15,17H,7-12H2,1H3;3-10,15H,1-2H3/q+1;. The van der Waals surface area contributed by atoms with E-state index in [9.17, 15) is 9.59 Å². The van der Waals surface area contributed by atoms with Gasteiger partial charge < -0.3 is 14.5 Å². The van der Waals surface area contributed by atoms with Gasteiger partial charge in [-0.25, -0.2) is 0 Å². The highest BCUT2D eigenvalue weighted by Gasteiger charge is 2.48. The third-order valence-electron chi connectivity index (χ3n) is 7.46. The Kier molecular flexibility index (Phi) is 8.21. The average Bonchev–Trinajstić information content (AvgIpc) is 2.88. The number of nitrogens with zero attached hydrogens (tertiary/aromatic N) is 1. The van der Waals surface area contributed by atoms with Crippen molar-refractivity contribution in [2.45, 2.75) is 39.7 Å². The summed E-state index contributed by atoms with van der Waals surface area (Å²) in [5.74, 6) is 0.472. The van der Waals surface area contributed by atoms with E-state index >= 15 is 0 Å². The van der Waals surface area contributed by atoms with Crippen LogP contribution in [0.5, 0.6) is 0 Å². The first-order chi connectivity index (χ1) is 17.3. The van der Waals surface area contributed by atoms with Gasteiger partial charge in [-0.05, 0) is 37.1 Å². The summed E-state index contributed by atoms with van der Waals surface area (Å²) in [6, 6.07) is 26.1. The fraction of sp³-hybridized carbons (Fsp3) is 0.355. The third kappa shape index (κ3) is 6.41. The van der Waals surface area contributed by atoms with E-state index in [2.05, 4.69) is 49.5 Å². The van der Waals surface area contributed by atoms with Crippen LogP contribution in [0.15, 0.2) is 78.9 Å². The van der Waals surface area contributed by atoms with Gasteiger partial charge in [-0.15, -0.1) is 0 Å². The number of benzene rings is 3. The van der Waals surface area contributed by atoms with Crippen molar-refractivity contribution < 1.29 is 18.8 Å². The van der Waals surface area contributed by atoms with Gasteiger partial charge in [0.2, 0.25) is 5.78 Å². The zero-order valence-corrected chi connectivity index (χ0v) is 21.6. The van der Waals surface area contributed by atoms with Crippen molar-refractivity contribution >= 4 is 23.1 Å². The smallest absolute Gasteiger partial charge is 0.303 e. The van der Waals surface area contributed by atoms with Crippen molar-refractivity contribution in [3.8, 4) is 0 Å². The van der Waals surface area contributed by atoms with E-state index in [1.807, 2.05) is 48.5 Å². The van der Waals surface area contributed by atoms with E-state index in [0.717, 1.165) is 48.2 Å². The molecule has 5 nitrogen and oxygen atoms in total. The van der Waals surface area contributed by atoms with E-state index < -0.39 is 0 Å². The Balaban J connectivity index is 0.000000179. The van der Waals surface area contributed by atoms with Gasteiger partial charge in [0.05, 0.1) is 13.1 Å². The van der Waals surface area contributed by atoms with Gasteiger partial charge in [0.15, 0.2) is 6.10 Å². The second kappa shape index (κ2) is 11.5. The number of aryl methyl sites for hydroxylation is 2. The number of hydrogen-bond donors (Lipinski definition) is 1. The molecule has 3 fully saturated rings. The van der Waals surface area contributed by atoms with Gasteiger partial charge >= 0.3 is 5.97 Å². The molecule has 1 atom stereocenters. The quantitative estimate of drug-likeness (QED) is 0.261. The zero-order valence-electron chi connectivity index (χ0n) is 21.6. The minimum absolute atomic E-state index is 0.00595. The van der Waals surface area contributed by atoms with E-state index in [1.165, 1.54) is 23.7 Å². The molecule has 0 spiro atoms. The van der Waals surface area contributed by atoms with Gasteiger partial charge in [-0.2, -0.15) is 0 Å². The predicted octanol–water partition coefficient (Wildman–Crippen LogP) is 6.09. The largest absolute Gasteiger partial charge is 0.456 e. The van der Waals surface area contributed by atoms with Crippen molar-refractivity contribution in [2.24, 2.45) is 5.92 Å². The van der Waals surface area contributed by atoms with Crippen LogP contribution in [-0.4, -0.2) is 48.5 Å². The molecule has 3 aromatic carbocycles. The topological polar surface area (TPSA) is 55.4 Å². The Morgan fingerprint density at radius 1 is 0.861 bits per heavy atom. The molecule has 3 aliphatic rings. The summed E-state index contributed by atoms with van der Waals surface area (Å²) in [5, 5.41) is 3.44. The maximum absolute atomic E-state index is 12.5. The number of Topliss-reactive ketones (excluding diaryl/α,β-unsaturated/α-hetero) is 1. The number of ether oxygens (including phenoxy) is 1. The molecule has 0 saturated carbocycles. The number of rotatable bonds is 6. The molecule has 0 amide bonds. The minimum atomic E-state index is -0.207. The van der Waals surface area contributed by atoms with E-state index in [-0.39, 0.29) is 17.9 Å². The van der Waals surface area contributed by atoms with Crippen LogP contribution in [0.4, 0.5) is 11.4 Å². The third-order valence-corrected chi connectivity index (χ3v) is 7.46. The molecule has 0 aliphatic carbocycles. The van der Waals surface area contributed by atoms with E-state index in [0.29, 0.717) is 12.5 Å². The van der Waals surface area contributed by atoms with Crippen molar-refractivity contribution in [1.29, 1.82) is 0 Å². The monoisotopic (exact) mass is 485 g/mol. The molecule has 1 N–H and O–H groups in total. The van der Waals surface area contributed by atoms with Crippen LogP contribution < -0.4 is 5.32 Å². The first kappa shape index (κ1) is 25.6. The summed E-state index contributed by atoms with van der Waals surface area (Å²) in [6.07, 6.45) is 2.11. The highest BCUT2D eigenvalue weighted by atomic mass is 16.5. The molecule has 0 radical (unpaired) electrons. The highest BCUT2D eigenvalue weighted by Crippen LogP contribution is 2.35. The van der Waals surface area contributed by atoms with Crippen molar-refractivity contribution in [2.75, 3.05) is 31.5 Å². The summed E-state index contributed by atoms with van der Waals surface area (Å²) in [5.41, 5.74) is 5.68. The first-order valence-electron chi connectivity index (χ1n) is 12.8. The lowest BCUT2D eigenvalue weighted by Crippen LogP contribution is -2.65. The number of anilines is 2. The molecule has 3 saturated heterocycles. The Morgan fingerprint density at radius 2 is 1.44 bits per heavy atom. The van der Waals surface area contributed by atoms with E-state index in [4.69, 9.17) is 4.74 Å². The molecule has 6 rings (SSSR count). The maximum Gasteiger partial charge on any atom is 0.303 e. The molecule has 3 aliphatic heterocycles. The van der Waals surface area contributed by atoms with Crippen molar-refractivity contribution in [3.05, 3.63) is 95.6 Å². The Morgan fingerprint density at radius 3 is 2.03 bits per heavy atom. The Bertz CT molecular complexity index is 1150. The van der Waals surface area contributed by atoms with Crippen molar-refractivity contribution in [3.63, 3.8) is 0 Å². The normalized spacial score (nSPS) is 22.2. The van der Waals surface area contributed by atoms with Crippen LogP contribution in [0.25, 0.3) is 0 Å². The molecular weight excluding hydrogens is 448 g/mol. The number of nitrogens with one attached hydrogen (secondary N) is 1. The maximum atomic E-state index is 12.5. The fourth-order valence-corrected chi connectivity index (χ4v) is 5.49. The molecule has 5 heteroatoms. The SMILES string of the molecule is CC(=O)OC1C[N+]2(CC(=O)c3ccccc3)CCC1CC2.Cc1cccc(C)c1Nc1ccccc1. The number of carbonyl (C=O) groups is 2. The van der Waals surface area contributed by atoms with Gasteiger partial charge in [0.25, 0.3) is 0 Å². The number of ketones is 1. The summed E-state index contributed by atoms with van der Waals surface area (Å²) in [6.45, 7) is 9.09. The number of carbonyl (C=O) groups excluding carboxylic acids is 2. The molecule has 1 unspecified atom stereocenters. The van der Waals surface area contributed by atoms with E-state index in [1.54, 1.807) is 0 Å². The minimum Gasteiger partial charge on any atom is -0.456 e. The number of piperidine rings is 3. The lowest BCUT2D eigenvalue weighted by molar-refractivity contribution is -0.938. The average molecular weight is 486 g/mol. The Hall–Kier alpha value is -3.44. The van der Waals surface area contributed by atoms with Crippen LogP contribution in [0.1, 0.15) is 41.3 Å². The second-order valence-electron chi connectivity index (χ2n) is 10.2. The number of fused-ring (bicyclic) bond motifs is 3. The first-order valence-corrected chi connectivity index (χ1v) is 12.8. The lowest BCUT2D eigenvalue weighted by Gasteiger charge is -2.51. The predicted molar refractivity (Wildman–Crippen MR) is 144 cm³/mol. The Labute approximate surface area is 214 Å². The van der Waals surface area contributed by atoms with Crippen LogP contribution in [0.3, 0.4) is 0 Å². The highest BCUT2D eigenvalue weighted by molar-refractivity contribution is 5.96. The number of hydrogen-bond acceptors (Lipinski definition) is 4. The van der Waals surface area contributed by atoms with Crippen LogP contribution in [0, 0.1) is 19.8 Å². The number of quaternary nitrogens is 1. The van der Waals surface area contributed by atoms with Gasteiger partial charge in [0.1, 0.15) is 13.1 Å². The molecule has 3 heterocycles. The lowest BCUT2D eigenvalue weighted by atomic mass is 9.83. The van der Waals surface area contributed by atoms with Gasteiger partial charge in [-0.1, -0.05) is 66.7 Å². The fourth-order valence-electron chi connectivity index (χ4n) is 5.49. The zero-order chi connectivity index (χ0) is 25.5. The molecule has 2 bridgehead atoms. The molecule has 0 aromatic heterocycles. The molecule has 3 aromatic rings. The summed E-state index contributed by atoms with van der Waals surface area (Å²) < 4.78 is 6.25. The van der Waals surface area contributed by atoms with Crippen LogP contribution >= 0.6 is 0 Å². The van der Waals surface area contributed by atoms with Crippen LogP contribution in [-0.2, 0) is 9.53 Å². The summed E-state index contributed by atoms with van der Waals surface area (Å²) >= 11 is 0. The number of esters is 1. The van der Waals surface area contributed by atoms with Gasteiger partial charge in [-0.3, -0.25) is 9.59 Å². The molecule has 36 heavy (non-hydrogen) atoms. The molecule has 188 valence electrons. The molecular formula is C31H37N2O3+. The second-order valence-corrected chi connectivity index (χ2v) is 10.2. The van der Waals surface area contributed by atoms with Crippen LogP contribution in [0.2, 0.25) is 0 Å².